The summed E-state index contributed by atoms with van der Waals surface area (Å²) in [5.74, 6) is -2.14. The van der Waals surface area contributed by atoms with Crippen molar-refractivity contribution < 1.29 is 15.3 Å². The zero-order valence-electron chi connectivity index (χ0n) is 11.0. The summed E-state index contributed by atoms with van der Waals surface area (Å²) in [5, 5.41) is 30.6. The quantitative estimate of drug-likeness (QED) is 0.544. The number of benzene rings is 2. The van der Waals surface area contributed by atoms with Crippen LogP contribution in [0.1, 0.15) is 28.7 Å². The zero-order valence-corrected chi connectivity index (χ0v) is 11.0. The minimum Gasteiger partial charge on any atom is -0.387 e. The van der Waals surface area contributed by atoms with Crippen molar-refractivity contribution in [3.8, 4) is 11.1 Å². The number of fused-ring (bicyclic) bond motifs is 5. The second kappa shape index (κ2) is 3.92. The number of aryl methyl sites for hydroxylation is 1. The lowest BCUT2D eigenvalue weighted by Gasteiger charge is -2.35. The van der Waals surface area contributed by atoms with E-state index < -0.39 is 11.9 Å². The zero-order chi connectivity index (χ0) is 13.9. The van der Waals surface area contributed by atoms with E-state index in [0.29, 0.717) is 24.8 Å². The molecule has 1 atom stereocenters. The van der Waals surface area contributed by atoms with Gasteiger partial charge < -0.3 is 15.3 Å². The lowest BCUT2D eigenvalue weighted by atomic mass is 9.80. The van der Waals surface area contributed by atoms with Crippen LogP contribution in [0.3, 0.4) is 0 Å². The molecule has 0 aromatic heterocycles. The van der Waals surface area contributed by atoms with Crippen molar-refractivity contribution in [1.82, 2.24) is 0 Å². The Morgan fingerprint density at radius 2 is 1.75 bits per heavy atom. The van der Waals surface area contributed by atoms with Gasteiger partial charge in [0.05, 0.1) is 0 Å². The summed E-state index contributed by atoms with van der Waals surface area (Å²) >= 11 is 0. The molecular weight excluding hydrogens is 252 g/mol. The highest BCUT2D eigenvalue weighted by molar-refractivity contribution is 5.79. The summed E-state index contributed by atoms with van der Waals surface area (Å²) in [6.07, 6.45) is 0.643. The van der Waals surface area contributed by atoms with Crippen LogP contribution >= 0.6 is 0 Å². The standard InChI is InChI=1S/C17H16O3/c18-15-8-6-10-5-7-13-12-4-2-1-3-11(12)9-14(13)16(10)17(15,19)20/h1-5,7,15,18-20H,6,8-9H2. The van der Waals surface area contributed by atoms with Crippen LogP contribution < -0.4 is 0 Å². The Morgan fingerprint density at radius 1 is 0.950 bits per heavy atom. The van der Waals surface area contributed by atoms with Crippen LogP contribution in [0.15, 0.2) is 36.4 Å². The van der Waals surface area contributed by atoms with Crippen molar-refractivity contribution >= 4 is 0 Å². The molecule has 0 saturated carbocycles. The van der Waals surface area contributed by atoms with E-state index in [9.17, 15) is 15.3 Å². The second-order valence-electron chi connectivity index (χ2n) is 5.74. The molecule has 0 fully saturated rings. The smallest absolute Gasteiger partial charge is 0.217 e. The molecule has 3 heteroatoms. The molecule has 0 saturated heterocycles. The van der Waals surface area contributed by atoms with Crippen molar-refractivity contribution in [3.05, 3.63) is 58.7 Å². The van der Waals surface area contributed by atoms with Gasteiger partial charge in [-0.2, -0.15) is 0 Å². The normalized spacial score (nSPS) is 22.1. The first-order valence-electron chi connectivity index (χ1n) is 6.95. The molecule has 2 aliphatic carbocycles. The van der Waals surface area contributed by atoms with Gasteiger partial charge in [-0.25, -0.2) is 0 Å². The fourth-order valence-corrected chi connectivity index (χ4v) is 3.59. The predicted octanol–water partition coefficient (Wildman–Crippen LogP) is 1.70. The van der Waals surface area contributed by atoms with Crippen LogP contribution in [-0.2, 0) is 18.6 Å². The molecule has 4 rings (SSSR count). The molecule has 2 aliphatic rings. The Balaban J connectivity index is 1.99. The minimum atomic E-state index is -2.14. The van der Waals surface area contributed by atoms with Gasteiger partial charge in [-0.15, -0.1) is 0 Å². The highest BCUT2D eigenvalue weighted by atomic mass is 16.5. The number of hydrogen-bond acceptors (Lipinski definition) is 3. The number of rotatable bonds is 0. The fraction of sp³-hybridized carbons (Fsp3) is 0.294. The largest absolute Gasteiger partial charge is 0.387 e. The van der Waals surface area contributed by atoms with Crippen LogP contribution in [0.5, 0.6) is 0 Å². The summed E-state index contributed by atoms with van der Waals surface area (Å²) < 4.78 is 0. The first kappa shape index (κ1) is 12.1. The summed E-state index contributed by atoms with van der Waals surface area (Å²) in [6, 6.07) is 12.1. The van der Waals surface area contributed by atoms with E-state index in [2.05, 4.69) is 18.2 Å². The molecule has 1 unspecified atom stereocenters. The Labute approximate surface area is 117 Å². The molecule has 2 aromatic rings. The van der Waals surface area contributed by atoms with E-state index >= 15 is 0 Å². The summed E-state index contributed by atoms with van der Waals surface area (Å²) in [6.45, 7) is 0. The lowest BCUT2D eigenvalue weighted by Crippen LogP contribution is -2.44. The molecule has 102 valence electrons. The van der Waals surface area contributed by atoms with Gasteiger partial charge in [-0.1, -0.05) is 36.4 Å². The third-order valence-corrected chi connectivity index (χ3v) is 4.59. The summed E-state index contributed by atoms with van der Waals surface area (Å²) in [7, 11) is 0. The third-order valence-electron chi connectivity index (χ3n) is 4.59. The van der Waals surface area contributed by atoms with Crippen molar-refractivity contribution in [1.29, 1.82) is 0 Å². The van der Waals surface area contributed by atoms with Gasteiger partial charge in [-0.05, 0) is 47.1 Å². The van der Waals surface area contributed by atoms with E-state index in [0.717, 1.165) is 22.3 Å². The second-order valence-corrected chi connectivity index (χ2v) is 5.74. The van der Waals surface area contributed by atoms with E-state index in [4.69, 9.17) is 0 Å². The van der Waals surface area contributed by atoms with E-state index in [1.54, 1.807) is 0 Å². The lowest BCUT2D eigenvalue weighted by molar-refractivity contribution is -0.240. The summed E-state index contributed by atoms with van der Waals surface area (Å²) in [4.78, 5) is 0. The van der Waals surface area contributed by atoms with Gasteiger partial charge in [0.15, 0.2) is 0 Å². The Bertz CT molecular complexity index is 703. The Kier molecular flexibility index (Phi) is 2.37. The third kappa shape index (κ3) is 1.45. The highest BCUT2D eigenvalue weighted by Gasteiger charge is 2.43. The van der Waals surface area contributed by atoms with Crippen molar-refractivity contribution in [2.24, 2.45) is 0 Å². The van der Waals surface area contributed by atoms with E-state index in [-0.39, 0.29) is 0 Å². The van der Waals surface area contributed by atoms with Gasteiger partial charge in [0.25, 0.3) is 0 Å². The first-order valence-corrected chi connectivity index (χ1v) is 6.95. The number of aliphatic hydroxyl groups is 3. The van der Waals surface area contributed by atoms with E-state index in [1.165, 1.54) is 5.56 Å². The van der Waals surface area contributed by atoms with Gasteiger partial charge in [0.1, 0.15) is 6.10 Å². The van der Waals surface area contributed by atoms with Crippen molar-refractivity contribution in [2.75, 3.05) is 0 Å². The highest BCUT2D eigenvalue weighted by Crippen LogP contribution is 2.45. The maximum absolute atomic E-state index is 10.3. The van der Waals surface area contributed by atoms with Gasteiger partial charge in [0.2, 0.25) is 5.79 Å². The van der Waals surface area contributed by atoms with Crippen LogP contribution in [0.4, 0.5) is 0 Å². The molecule has 3 N–H and O–H groups in total. The van der Waals surface area contributed by atoms with Crippen LogP contribution in [0.25, 0.3) is 11.1 Å². The van der Waals surface area contributed by atoms with Crippen molar-refractivity contribution in [2.45, 2.75) is 31.2 Å². The average molecular weight is 268 g/mol. The maximum atomic E-state index is 10.3. The van der Waals surface area contributed by atoms with Crippen LogP contribution in [0, 0.1) is 0 Å². The fourth-order valence-electron chi connectivity index (χ4n) is 3.59. The first-order chi connectivity index (χ1) is 9.59. The maximum Gasteiger partial charge on any atom is 0.217 e. The number of aliphatic hydroxyl groups excluding tert-OH is 1. The molecular formula is C17H16O3. The summed E-state index contributed by atoms with van der Waals surface area (Å²) in [5.41, 5.74) is 5.82. The minimum absolute atomic E-state index is 0.381. The van der Waals surface area contributed by atoms with E-state index in [1.807, 2.05) is 18.2 Å². The van der Waals surface area contributed by atoms with Gasteiger partial charge in [0, 0.05) is 5.56 Å². The van der Waals surface area contributed by atoms with Crippen LogP contribution in [-0.4, -0.2) is 21.4 Å². The molecule has 0 aliphatic heterocycles. The van der Waals surface area contributed by atoms with Gasteiger partial charge >= 0.3 is 0 Å². The SMILES string of the molecule is OC1CCc2ccc3c(c2C1(O)O)Cc1ccccc1-3. The predicted molar refractivity (Wildman–Crippen MR) is 75.1 cm³/mol. The molecule has 3 nitrogen and oxygen atoms in total. The topological polar surface area (TPSA) is 60.7 Å². The number of hydrogen-bond donors (Lipinski definition) is 3. The average Bonchev–Trinajstić information content (AvgIpc) is 2.81. The Hall–Kier alpha value is -1.68. The molecule has 0 amide bonds. The molecule has 0 heterocycles. The molecule has 20 heavy (non-hydrogen) atoms. The Morgan fingerprint density at radius 3 is 2.60 bits per heavy atom. The molecule has 0 radical (unpaired) electrons. The van der Waals surface area contributed by atoms with Crippen molar-refractivity contribution in [3.63, 3.8) is 0 Å². The van der Waals surface area contributed by atoms with Gasteiger partial charge in [-0.3, -0.25) is 0 Å². The molecule has 2 aromatic carbocycles. The molecule has 0 spiro atoms. The monoisotopic (exact) mass is 268 g/mol. The molecule has 0 bridgehead atoms. The van der Waals surface area contributed by atoms with Crippen LogP contribution in [0.2, 0.25) is 0 Å².